The van der Waals surface area contributed by atoms with E-state index in [4.69, 9.17) is 16.3 Å². The fraction of sp³-hybridized carbons (Fsp3) is 0.238. The summed E-state index contributed by atoms with van der Waals surface area (Å²) in [5.74, 6) is 0.978. The van der Waals surface area contributed by atoms with Crippen molar-refractivity contribution in [2.45, 2.75) is 32.0 Å². The Kier molecular flexibility index (Phi) is 4.17. The molecule has 0 aromatic heterocycles. The molecule has 0 bridgehead atoms. The van der Waals surface area contributed by atoms with Crippen LogP contribution in [0.1, 0.15) is 43.2 Å². The van der Waals surface area contributed by atoms with E-state index >= 15 is 0 Å². The highest BCUT2D eigenvalue weighted by Crippen LogP contribution is 2.41. The third-order valence-electron chi connectivity index (χ3n) is 4.63. The third-order valence-corrected chi connectivity index (χ3v) is 4.88. The van der Waals surface area contributed by atoms with Crippen molar-refractivity contribution in [3.63, 3.8) is 0 Å². The Morgan fingerprint density at radius 2 is 1.79 bits per heavy atom. The van der Waals surface area contributed by atoms with Crippen molar-refractivity contribution >= 4 is 22.4 Å². The highest BCUT2D eigenvalue weighted by atomic mass is 35.5. The lowest BCUT2D eigenvalue weighted by Crippen LogP contribution is -2.35. The summed E-state index contributed by atoms with van der Waals surface area (Å²) < 4.78 is 6.29. The van der Waals surface area contributed by atoms with E-state index in [0.717, 1.165) is 29.2 Å². The van der Waals surface area contributed by atoms with Crippen LogP contribution in [0.2, 0.25) is 5.02 Å². The molecule has 2 nitrogen and oxygen atoms in total. The molecule has 122 valence electrons. The summed E-state index contributed by atoms with van der Waals surface area (Å²) in [5, 5.41) is 6.95. The number of ether oxygens (including phenoxy) is 1. The molecule has 1 N–H and O–H groups in total. The molecule has 2 atom stereocenters. The topological polar surface area (TPSA) is 21.3 Å². The Balaban J connectivity index is 1.79. The van der Waals surface area contributed by atoms with Crippen molar-refractivity contribution in [1.82, 2.24) is 5.32 Å². The molecule has 0 amide bonds. The maximum absolute atomic E-state index is 6.29. The minimum Gasteiger partial charge on any atom is -0.471 e. The molecule has 0 fully saturated rings. The van der Waals surface area contributed by atoms with E-state index in [0.29, 0.717) is 0 Å². The van der Waals surface area contributed by atoms with Crippen LogP contribution in [0.15, 0.2) is 60.7 Å². The zero-order chi connectivity index (χ0) is 16.5. The first-order valence-electron chi connectivity index (χ1n) is 8.46. The summed E-state index contributed by atoms with van der Waals surface area (Å²) in [7, 11) is 0. The minimum absolute atomic E-state index is 0.146. The first-order valence-corrected chi connectivity index (χ1v) is 8.84. The lowest BCUT2D eigenvalue weighted by molar-refractivity contribution is 0.122. The minimum atomic E-state index is -0.146. The molecule has 1 aliphatic heterocycles. The molecule has 24 heavy (non-hydrogen) atoms. The van der Waals surface area contributed by atoms with Crippen molar-refractivity contribution < 1.29 is 4.74 Å². The van der Waals surface area contributed by atoms with E-state index in [9.17, 15) is 0 Å². The van der Waals surface area contributed by atoms with Gasteiger partial charge in [-0.3, -0.25) is 5.32 Å². The van der Waals surface area contributed by atoms with Gasteiger partial charge in [-0.1, -0.05) is 67.4 Å². The second-order valence-electron chi connectivity index (χ2n) is 6.26. The van der Waals surface area contributed by atoms with Crippen molar-refractivity contribution in [3.8, 4) is 5.75 Å². The summed E-state index contributed by atoms with van der Waals surface area (Å²) in [4.78, 5) is 0. The van der Waals surface area contributed by atoms with E-state index in [1.54, 1.807) is 0 Å². The molecule has 3 heteroatoms. The summed E-state index contributed by atoms with van der Waals surface area (Å²) in [5.41, 5.74) is 2.37. The van der Waals surface area contributed by atoms with Gasteiger partial charge in [0.15, 0.2) is 6.23 Å². The standard InChI is InChI=1S/C21H20ClNO/c1-2-5-18-20-17-7-4-3-6-14(17)10-13-19(20)24-21(23-18)15-8-11-16(22)12-9-15/h3-4,6-13,18,21,23H,2,5H2,1H3. The van der Waals surface area contributed by atoms with Gasteiger partial charge in [-0.05, 0) is 35.4 Å². The SMILES string of the molecule is CCCC1NC(c2ccc(Cl)cc2)Oc2ccc3ccccc3c21. The first-order chi connectivity index (χ1) is 11.8. The average molecular weight is 338 g/mol. The van der Waals surface area contributed by atoms with Crippen molar-refractivity contribution in [2.24, 2.45) is 0 Å². The van der Waals surface area contributed by atoms with Gasteiger partial charge in [-0.15, -0.1) is 0 Å². The van der Waals surface area contributed by atoms with Gasteiger partial charge >= 0.3 is 0 Å². The Morgan fingerprint density at radius 3 is 2.58 bits per heavy atom. The largest absolute Gasteiger partial charge is 0.471 e. The monoisotopic (exact) mass is 337 g/mol. The summed E-state index contributed by atoms with van der Waals surface area (Å²) in [6.07, 6.45) is 2.05. The Bertz CT molecular complexity index is 859. The maximum atomic E-state index is 6.29. The molecule has 0 aliphatic carbocycles. The van der Waals surface area contributed by atoms with Gasteiger partial charge in [0, 0.05) is 22.2 Å². The van der Waals surface area contributed by atoms with Gasteiger partial charge in [0.1, 0.15) is 5.75 Å². The van der Waals surface area contributed by atoms with Gasteiger partial charge in [0.25, 0.3) is 0 Å². The molecule has 1 aliphatic rings. The van der Waals surface area contributed by atoms with Crippen LogP contribution in [0.4, 0.5) is 0 Å². The summed E-state index contributed by atoms with van der Waals surface area (Å²) >= 11 is 6.01. The number of benzene rings is 3. The van der Waals surface area contributed by atoms with E-state index in [1.807, 2.05) is 24.3 Å². The fourth-order valence-corrected chi connectivity index (χ4v) is 3.61. The van der Waals surface area contributed by atoms with E-state index in [-0.39, 0.29) is 12.3 Å². The van der Waals surface area contributed by atoms with Crippen LogP contribution >= 0.6 is 11.6 Å². The van der Waals surface area contributed by atoms with Crippen molar-refractivity contribution in [1.29, 1.82) is 0 Å². The highest BCUT2D eigenvalue weighted by molar-refractivity contribution is 6.30. The first kappa shape index (κ1) is 15.5. The van der Waals surface area contributed by atoms with Crippen molar-refractivity contribution in [2.75, 3.05) is 0 Å². The van der Waals surface area contributed by atoms with Gasteiger partial charge in [-0.25, -0.2) is 0 Å². The van der Waals surface area contributed by atoms with E-state index in [1.165, 1.54) is 16.3 Å². The Hall–Kier alpha value is -2.03. The van der Waals surface area contributed by atoms with Crippen LogP contribution in [0, 0.1) is 0 Å². The average Bonchev–Trinajstić information content (AvgIpc) is 2.62. The summed E-state index contributed by atoms with van der Waals surface area (Å²) in [6, 6.07) is 20.9. The second kappa shape index (κ2) is 6.46. The second-order valence-corrected chi connectivity index (χ2v) is 6.69. The van der Waals surface area contributed by atoms with Crippen LogP contribution in [0.25, 0.3) is 10.8 Å². The molecular weight excluding hydrogens is 318 g/mol. The molecular formula is C21H20ClNO. The number of halogens is 1. The summed E-state index contributed by atoms with van der Waals surface area (Å²) in [6.45, 7) is 2.22. The molecule has 0 saturated carbocycles. The van der Waals surface area contributed by atoms with Crippen LogP contribution in [0.5, 0.6) is 5.75 Å². The third kappa shape index (κ3) is 2.77. The molecule has 3 aromatic carbocycles. The lowest BCUT2D eigenvalue weighted by Gasteiger charge is -2.35. The lowest BCUT2D eigenvalue weighted by atomic mass is 9.93. The van der Waals surface area contributed by atoms with Gasteiger partial charge < -0.3 is 4.74 Å². The van der Waals surface area contributed by atoms with Gasteiger partial charge in [0.2, 0.25) is 0 Å². The predicted octanol–water partition coefficient (Wildman–Crippen LogP) is 6.02. The molecule has 3 aromatic rings. The van der Waals surface area contributed by atoms with Crippen LogP contribution in [-0.4, -0.2) is 0 Å². The van der Waals surface area contributed by atoms with Crippen LogP contribution in [-0.2, 0) is 0 Å². The quantitative estimate of drug-likeness (QED) is 0.631. The molecule has 2 unspecified atom stereocenters. The zero-order valence-electron chi connectivity index (χ0n) is 13.6. The molecule has 4 rings (SSSR count). The number of rotatable bonds is 3. The molecule has 1 heterocycles. The normalized spacial score (nSPS) is 19.8. The van der Waals surface area contributed by atoms with Crippen LogP contribution < -0.4 is 10.1 Å². The predicted molar refractivity (Wildman–Crippen MR) is 99.6 cm³/mol. The molecule has 0 spiro atoms. The smallest absolute Gasteiger partial charge is 0.177 e. The van der Waals surface area contributed by atoms with E-state index < -0.39 is 0 Å². The Labute approximate surface area is 147 Å². The number of hydrogen-bond acceptors (Lipinski definition) is 2. The fourth-order valence-electron chi connectivity index (χ4n) is 3.48. The van der Waals surface area contributed by atoms with Crippen LogP contribution in [0.3, 0.4) is 0 Å². The van der Waals surface area contributed by atoms with Crippen molar-refractivity contribution in [3.05, 3.63) is 76.8 Å². The van der Waals surface area contributed by atoms with Gasteiger partial charge in [0.05, 0.1) is 0 Å². The number of hydrogen-bond donors (Lipinski definition) is 1. The molecule has 0 saturated heterocycles. The highest BCUT2D eigenvalue weighted by Gasteiger charge is 2.29. The maximum Gasteiger partial charge on any atom is 0.177 e. The number of fused-ring (bicyclic) bond motifs is 3. The number of nitrogens with one attached hydrogen (secondary N) is 1. The van der Waals surface area contributed by atoms with E-state index in [2.05, 4.69) is 48.6 Å². The van der Waals surface area contributed by atoms with Gasteiger partial charge in [-0.2, -0.15) is 0 Å². The zero-order valence-corrected chi connectivity index (χ0v) is 14.4. The molecule has 0 radical (unpaired) electrons. The Morgan fingerprint density at radius 1 is 1.00 bits per heavy atom.